The van der Waals surface area contributed by atoms with Gasteiger partial charge in [0.05, 0.1) is 18.6 Å². The van der Waals surface area contributed by atoms with E-state index in [1.54, 1.807) is 44.5 Å². The number of rotatable bonds is 7. The van der Waals surface area contributed by atoms with Gasteiger partial charge in [0.2, 0.25) is 0 Å². The van der Waals surface area contributed by atoms with Crippen molar-refractivity contribution >= 4 is 52.3 Å². The molecule has 0 radical (unpaired) electrons. The average Bonchev–Trinajstić information content (AvgIpc) is 3.01. The Hall–Kier alpha value is -3.10. The molecule has 0 N–H and O–H groups in total. The zero-order chi connectivity index (χ0) is 22.4. The van der Waals surface area contributed by atoms with Crippen LogP contribution in [0.4, 0.5) is 0 Å². The smallest absolute Gasteiger partial charge is 0.336 e. The Morgan fingerprint density at radius 1 is 1.13 bits per heavy atom. The van der Waals surface area contributed by atoms with Gasteiger partial charge in [-0.1, -0.05) is 42.2 Å². The van der Waals surface area contributed by atoms with Crippen LogP contribution in [0.3, 0.4) is 0 Å². The van der Waals surface area contributed by atoms with Crippen LogP contribution in [0, 0.1) is 0 Å². The van der Waals surface area contributed by atoms with Crippen LogP contribution in [0.5, 0.6) is 17.2 Å². The van der Waals surface area contributed by atoms with Crippen molar-refractivity contribution < 1.29 is 23.8 Å². The second kappa shape index (κ2) is 10.3. The van der Waals surface area contributed by atoms with Crippen LogP contribution in [0.2, 0.25) is 0 Å². The lowest BCUT2D eigenvalue weighted by Crippen LogP contribution is -2.22. The topological polar surface area (TPSA) is 65.1 Å². The molecular weight excluding hydrogens is 434 g/mol. The Balaban J connectivity index is 1.74. The van der Waals surface area contributed by atoms with Crippen LogP contribution < -0.4 is 14.2 Å². The van der Waals surface area contributed by atoms with Crippen molar-refractivity contribution in [3.8, 4) is 17.2 Å². The molecule has 0 aromatic heterocycles. The quantitative estimate of drug-likeness (QED) is 0.263. The van der Waals surface area contributed by atoms with E-state index in [-0.39, 0.29) is 5.91 Å². The molecule has 1 aliphatic heterocycles. The summed E-state index contributed by atoms with van der Waals surface area (Å²) in [4.78, 5) is 26.4. The zero-order valence-electron chi connectivity index (χ0n) is 17.3. The first kappa shape index (κ1) is 22.6. The lowest BCUT2D eigenvalue weighted by molar-refractivity contribution is -0.129. The number of amides is 1. The van der Waals surface area contributed by atoms with Gasteiger partial charge in [0.1, 0.15) is 10.1 Å². The number of carbonyl (C=O) groups excluding carboxylic acids is 2. The van der Waals surface area contributed by atoms with E-state index in [1.807, 2.05) is 31.2 Å². The van der Waals surface area contributed by atoms with E-state index in [4.69, 9.17) is 26.4 Å². The summed E-state index contributed by atoms with van der Waals surface area (Å²) in [6, 6.07) is 12.4. The molecule has 0 spiro atoms. The van der Waals surface area contributed by atoms with E-state index >= 15 is 0 Å². The Labute approximate surface area is 190 Å². The third-order valence-corrected chi connectivity index (χ3v) is 5.77. The monoisotopic (exact) mass is 455 g/mol. The SMILES string of the molecule is CCOc1cc(/C=C2\SC(=S)N(C)C2=O)ccc1OC(=O)/C=C/c1ccc(OC)cc1. The molecule has 1 fully saturated rings. The molecule has 8 heteroatoms. The van der Waals surface area contributed by atoms with Gasteiger partial charge in [-0.2, -0.15) is 0 Å². The van der Waals surface area contributed by atoms with Crippen molar-refractivity contribution in [1.29, 1.82) is 0 Å². The third kappa shape index (κ3) is 5.74. The highest BCUT2D eigenvalue weighted by Gasteiger charge is 2.28. The Bertz CT molecular complexity index is 1060. The summed E-state index contributed by atoms with van der Waals surface area (Å²) in [5.41, 5.74) is 1.58. The first-order chi connectivity index (χ1) is 14.9. The number of nitrogens with zero attached hydrogens (tertiary/aromatic N) is 1. The summed E-state index contributed by atoms with van der Waals surface area (Å²) in [5.74, 6) is 0.770. The van der Waals surface area contributed by atoms with Crippen LogP contribution in [0.15, 0.2) is 53.4 Å². The number of thiocarbonyl (C=S) groups is 1. The van der Waals surface area contributed by atoms with Gasteiger partial charge in [0.15, 0.2) is 11.5 Å². The van der Waals surface area contributed by atoms with E-state index in [9.17, 15) is 9.59 Å². The molecular formula is C23H21NO5S2. The molecule has 0 bridgehead atoms. The molecule has 1 amide bonds. The van der Waals surface area contributed by atoms with E-state index in [1.165, 1.54) is 22.7 Å². The summed E-state index contributed by atoms with van der Waals surface area (Å²) in [5, 5.41) is 0. The number of esters is 1. The van der Waals surface area contributed by atoms with Crippen molar-refractivity contribution in [3.05, 3.63) is 64.6 Å². The molecule has 1 aliphatic rings. The fraction of sp³-hybridized carbons (Fsp3) is 0.174. The maximum Gasteiger partial charge on any atom is 0.336 e. The van der Waals surface area contributed by atoms with E-state index in [0.717, 1.165) is 16.9 Å². The normalized spacial score (nSPS) is 15.1. The highest BCUT2D eigenvalue weighted by Crippen LogP contribution is 2.34. The third-order valence-electron chi connectivity index (χ3n) is 4.29. The Morgan fingerprint density at radius 2 is 1.84 bits per heavy atom. The summed E-state index contributed by atoms with van der Waals surface area (Å²) in [6.45, 7) is 2.23. The highest BCUT2D eigenvalue weighted by atomic mass is 32.2. The van der Waals surface area contributed by atoms with Crippen molar-refractivity contribution in [1.82, 2.24) is 4.90 Å². The Kier molecular flexibility index (Phi) is 7.49. The number of ether oxygens (including phenoxy) is 3. The number of methoxy groups -OCH3 is 1. The van der Waals surface area contributed by atoms with Crippen molar-refractivity contribution in [2.24, 2.45) is 0 Å². The van der Waals surface area contributed by atoms with E-state index < -0.39 is 5.97 Å². The number of hydrogen-bond acceptors (Lipinski definition) is 7. The number of carbonyl (C=O) groups is 2. The van der Waals surface area contributed by atoms with Crippen LogP contribution >= 0.6 is 24.0 Å². The molecule has 3 rings (SSSR count). The predicted molar refractivity (Wildman–Crippen MR) is 126 cm³/mol. The first-order valence-electron chi connectivity index (χ1n) is 9.43. The number of benzene rings is 2. The molecule has 31 heavy (non-hydrogen) atoms. The average molecular weight is 456 g/mol. The lowest BCUT2D eigenvalue weighted by atomic mass is 10.2. The standard InChI is InChI=1S/C23H21NO5S2/c1-4-28-19-13-16(14-20-22(26)24(2)23(30)31-20)7-11-18(19)29-21(25)12-8-15-5-9-17(27-3)10-6-15/h5-14H,4H2,1-3H3/b12-8+,20-14-. The maximum absolute atomic E-state index is 12.3. The largest absolute Gasteiger partial charge is 0.497 e. The molecule has 0 atom stereocenters. The zero-order valence-corrected chi connectivity index (χ0v) is 18.9. The van der Waals surface area contributed by atoms with Crippen LogP contribution in [-0.4, -0.2) is 41.9 Å². The van der Waals surface area contributed by atoms with Crippen molar-refractivity contribution in [2.45, 2.75) is 6.92 Å². The molecule has 0 aliphatic carbocycles. The van der Waals surface area contributed by atoms with Gasteiger partial charge in [0.25, 0.3) is 5.91 Å². The minimum atomic E-state index is -0.531. The molecule has 0 saturated carbocycles. The number of hydrogen-bond donors (Lipinski definition) is 0. The first-order valence-corrected chi connectivity index (χ1v) is 10.7. The Morgan fingerprint density at radius 3 is 2.45 bits per heavy atom. The maximum atomic E-state index is 12.3. The second-order valence-electron chi connectivity index (χ2n) is 6.41. The van der Waals surface area contributed by atoms with E-state index in [0.29, 0.717) is 27.3 Å². The van der Waals surface area contributed by atoms with Gasteiger partial charge < -0.3 is 14.2 Å². The fourth-order valence-corrected chi connectivity index (χ4v) is 3.87. The predicted octanol–water partition coefficient (Wildman–Crippen LogP) is 4.54. The van der Waals surface area contributed by atoms with Gasteiger partial charge >= 0.3 is 5.97 Å². The molecule has 0 unspecified atom stereocenters. The number of thioether (sulfide) groups is 1. The minimum absolute atomic E-state index is 0.146. The summed E-state index contributed by atoms with van der Waals surface area (Å²) < 4.78 is 16.7. The summed E-state index contributed by atoms with van der Waals surface area (Å²) >= 11 is 6.40. The molecule has 1 heterocycles. The van der Waals surface area contributed by atoms with Crippen LogP contribution in [0.1, 0.15) is 18.1 Å². The highest BCUT2D eigenvalue weighted by molar-refractivity contribution is 8.26. The lowest BCUT2D eigenvalue weighted by Gasteiger charge is -2.10. The summed E-state index contributed by atoms with van der Waals surface area (Å²) in [6.07, 6.45) is 4.74. The number of likely N-dealkylation sites (N-methyl/N-ethyl adjacent to an activating group) is 1. The second-order valence-corrected chi connectivity index (χ2v) is 8.08. The fourth-order valence-electron chi connectivity index (χ4n) is 2.69. The molecule has 2 aromatic rings. The van der Waals surface area contributed by atoms with Gasteiger partial charge in [-0.25, -0.2) is 4.79 Å². The minimum Gasteiger partial charge on any atom is -0.497 e. The summed E-state index contributed by atoms with van der Waals surface area (Å²) in [7, 11) is 3.24. The van der Waals surface area contributed by atoms with Gasteiger partial charge in [-0.3, -0.25) is 9.69 Å². The van der Waals surface area contributed by atoms with Crippen LogP contribution in [0.25, 0.3) is 12.2 Å². The molecule has 2 aromatic carbocycles. The van der Waals surface area contributed by atoms with Gasteiger partial charge in [-0.15, -0.1) is 0 Å². The van der Waals surface area contributed by atoms with Gasteiger partial charge in [-0.05, 0) is 54.5 Å². The molecule has 1 saturated heterocycles. The van der Waals surface area contributed by atoms with E-state index in [2.05, 4.69) is 0 Å². The van der Waals surface area contributed by atoms with Crippen LogP contribution in [-0.2, 0) is 9.59 Å². The molecule has 6 nitrogen and oxygen atoms in total. The molecule has 160 valence electrons. The van der Waals surface area contributed by atoms with Crippen molar-refractivity contribution in [2.75, 3.05) is 20.8 Å². The van der Waals surface area contributed by atoms with Crippen molar-refractivity contribution in [3.63, 3.8) is 0 Å². The van der Waals surface area contributed by atoms with Gasteiger partial charge in [0, 0.05) is 13.1 Å².